The number of fused-ring (bicyclic) bond motifs is 1. The van der Waals surface area contributed by atoms with Crippen molar-refractivity contribution in [1.29, 1.82) is 0 Å². The molecule has 0 aliphatic carbocycles. The van der Waals surface area contributed by atoms with E-state index in [1.54, 1.807) is 0 Å². The first kappa shape index (κ1) is 12.1. The van der Waals surface area contributed by atoms with Crippen LogP contribution in [0.3, 0.4) is 0 Å². The van der Waals surface area contributed by atoms with Gasteiger partial charge in [-0.3, -0.25) is 4.79 Å². The molecule has 90 valence electrons. The first-order chi connectivity index (χ1) is 7.99. The highest BCUT2D eigenvalue weighted by Crippen LogP contribution is 2.30. The normalized spacial score (nSPS) is 11.0. The quantitative estimate of drug-likeness (QED) is 0.945. The number of benzene rings is 1. The molecule has 1 heterocycles. The number of halogens is 1. The van der Waals surface area contributed by atoms with Crippen LogP contribution in [0, 0.1) is 13.8 Å². The van der Waals surface area contributed by atoms with Crippen LogP contribution in [0.5, 0.6) is 0 Å². The third-order valence-electron chi connectivity index (χ3n) is 2.58. The lowest BCUT2D eigenvalue weighted by Crippen LogP contribution is -1.97. The molecule has 1 N–H and O–H groups in total. The Balaban J connectivity index is 2.46. The van der Waals surface area contributed by atoms with E-state index in [-0.39, 0.29) is 6.42 Å². The van der Waals surface area contributed by atoms with Gasteiger partial charge in [0.15, 0.2) is 11.5 Å². The van der Waals surface area contributed by atoms with Crippen LogP contribution in [-0.4, -0.2) is 16.1 Å². The number of carboxylic acid groups (broad SMARTS) is 1. The van der Waals surface area contributed by atoms with E-state index in [9.17, 15) is 4.79 Å². The van der Waals surface area contributed by atoms with Gasteiger partial charge in [-0.05, 0) is 40.9 Å². The fourth-order valence-corrected chi connectivity index (χ4v) is 2.12. The summed E-state index contributed by atoms with van der Waals surface area (Å²) in [6, 6.07) is 2.02. The van der Waals surface area contributed by atoms with Crippen molar-refractivity contribution in [1.82, 2.24) is 4.98 Å². The van der Waals surface area contributed by atoms with Gasteiger partial charge in [-0.2, -0.15) is 0 Å². The van der Waals surface area contributed by atoms with E-state index in [4.69, 9.17) is 9.52 Å². The predicted molar refractivity (Wildman–Crippen MR) is 67.1 cm³/mol. The summed E-state index contributed by atoms with van der Waals surface area (Å²) in [5, 5.41) is 8.62. The third-order valence-corrected chi connectivity index (χ3v) is 3.56. The minimum Gasteiger partial charge on any atom is -0.481 e. The number of oxazole rings is 1. The molecule has 0 saturated heterocycles. The van der Waals surface area contributed by atoms with Crippen molar-refractivity contribution in [2.45, 2.75) is 26.7 Å². The Hall–Kier alpha value is -1.36. The maximum Gasteiger partial charge on any atom is 0.303 e. The lowest BCUT2D eigenvalue weighted by atomic mass is 10.1. The van der Waals surface area contributed by atoms with Gasteiger partial charge in [0, 0.05) is 6.42 Å². The SMILES string of the molecule is Cc1cc(C)c2nc(CCC(=O)O)oc2c1Br. The molecule has 0 fully saturated rings. The molecular weight excluding hydrogens is 286 g/mol. The number of aryl methyl sites for hydroxylation is 3. The first-order valence-electron chi connectivity index (χ1n) is 5.26. The Morgan fingerprint density at radius 2 is 2.18 bits per heavy atom. The molecule has 0 aliphatic heterocycles. The van der Waals surface area contributed by atoms with Crippen LogP contribution in [0.15, 0.2) is 15.0 Å². The summed E-state index contributed by atoms with van der Waals surface area (Å²) in [5.74, 6) is -0.379. The summed E-state index contributed by atoms with van der Waals surface area (Å²) in [5.41, 5.74) is 3.60. The largest absolute Gasteiger partial charge is 0.481 e. The predicted octanol–water partition coefficient (Wildman–Crippen LogP) is 3.22. The summed E-state index contributed by atoms with van der Waals surface area (Å²) in [6.07, 6.45) is 0.345. The molecule has 1 aromatic heterocycles. The number of nitrogens with zero attached hydrogens (tertiary/aromatic N) is 1. The number of hydrogen-bond donors (Lipinski definition) is 1. The van der Waals surface area contributed by atoms with Gasteiger partial charge in [0.1, 0.15) is 5.52 Å². The lowest BCUT2D eigenvalue weighted by molar-refractivity contribution is -0.137. The highest BCUT2D eigenvalue weighted by atomic mass is 79.9. The van der Waals surface area contributed by atoms with Crippen molar-refractivity contribution < 1.29 is 14.3 Å². The van der Waals surface area contributed by atoms with Crippen molar-refractivity contribution in [3.63, 3.8) is 0 Å². The molecule has 0 radical (unpaired) electrons. The smallest absolute Gasteiger partial charge is 0.303 e. The molecule has 0 spiro atoms. The molecule has 2 rings (SSSR count). The molecule has 0 atom stereocenters. The zero-order valence-electron chi connectivity index (χ0n) is 9.58. The fraction of sp³-hybridized carbons (Fsp3) is 0.333. The van der Waals surface area contributed by atoms with Crippen molar-refractivity contribution in [2.75, 3.05) is 0 Å². The van der Waals surface area contributed by atoms with Gasteiger partial charge < -0.3 is 9.52 Å². The molecule has 0 aliphatic rings. The highest BCUT2D eigenvalue weighted by molar-refractivity contribution is 9.10. The van der Waals surface area contributed by atoms with Gasteiger partial charge in [-0.1, -0.05) is 6.07 Å². The fourth-order valence-electron chi connectivity index (χ4n) is 1.74. The summed E-state index contributed by atoms with van der Waals surface area (Å²) >= 11 is 3.46. The number of carboxylic acids is 1. The van der Waals surface area contributed by atoms with Gasteiger partial charge in [-0.15, -0.1) is 0 Å². The minimum atomic E-state index is -0.848. The molecule has 5 heteroatoms. The van der Waals surface area contributed by atoms with E-state index in [2.05, 4.69) is 20.9 Å². The maximum absolute atomic E-state index is 10.5. The Morgan fingerprint density at radius 1 is 1.47 bits per heavy atom. The molecule has 4 nitrogen and oxygen atoms in total. The first-order valence-corrected chi connectivity index (χ1v) is 6.05. The number of rotatable bonds is 3. The van der Waals surface area contributed by atoms with Crippen LogP contribution in [0.2, 0.25) is 0 Å². The summed E-state index contributed by atoms with van der Waals surface area (Å²) in [7, 11) is 0. The second-order valence-corrected chi connectivity index (χ2v) is 4.80. The average molecular weight is 298 g/mol. The van der Waals surface area contributed by atoms with Crippen LogP contribution in [0.1, 0.15) is 23.4 Å². The zero-order chi connectivity index (χ0) is 12.6. The van der Waals surface area contributed by atoms with E-state index in [0.717, 1.165) is 21.1 Å². The van der Waals surface area contributed by atoms with Gasteiger partial charge in [0.2, 0.25) is 0 Å². The summed E-state index contributed by atoms with van der Waals surface area (Å²) in [6.45, 7) is 3.95. The zero-order valence-corrected chi connectivity index (χ0v) is 11.2. The molecule has 17 heavy (non-hydrogen) atoms. The molecule has 0 saturated carbocycles. The number of hydrogen-bond acceptors (Lipinski definition) is 3. The van der Waals surface area contributed by atoms with E-state index in [1.165, 1.54) is 0 Å². The Labute approximate surface area is 107 Å². The van der Waals surface area contributed by atoms with Crippen molar-refractivity contribution in [3.05, 3.63) is 27.6 Å². The second-order valence-electron chi connectivity index (χ2n) is 4.00. The van der Waals surface area contributed by atoms with Crippen molar-refractivity contribution >= 4 is 33.0 Å². The Kier molecular flexibility index (Phi) is 3.19. The average Bonchev–Trinajstić information content (AvgIpc) is 2.68. The molecule has 0 bridgehead atoms. The maximum atomic E-state index is 10.5. The molecule has 0 unspecified atom stereocenters. The number of aliphatic carboxylic acids is 1. The van der Waals surface area contributed by atoms with Crippen molar-refractivity contribution in [2.24, 2.45) is 0 Å². The third kappa shape index (κ3) is 2.34. The van der Waals surface area contributed by atoms with Gasteiger partial charge in [0.25, 0.3) is 0 Å². The van der Waals surface area contributed by atoms with Crippen LogP contribution in [0.25, 0.3) is 11.1 Å². The molecule has 1 aromatic carbocycles. The van der Waals surface area contributed by atoms with Gasteiger partial charge in [0.05, 0.1) is 10.9 Å². The van der Waals surface area contributed by atoms with Crippen molar-refractivity contribution in [3.8, 4) is 0 Å². The monoisotopic (exact) mass is 297 g/mol. The summed E-state index contributed by atoms with van der Waals surface area (Å²) in [4.78, 5) is 14.8. The minimum absolute atomic E-state index is 0.0302. The van der Waals surface area contributed by atoms with E-state index in [0.29, 0.717) is 17.9 Å². The van der Waals surface area contributed by atoms with Crippen LogP contribution < -0.4 is 0 Å². The Bertz CT molecular complexity index is 589. The standard InChI is InChI=1S/C12H12BrNO3/c1-6-5-7(2)11-12(10(6)13)17-8(14-11)3-4-9(15)16/h5H,3-4H2,1-2H3,(H,15,16). The van der Waals surface area contributed by atoms with E-state index in [1.807, 2.05) is 19.9 Å². The van der Waals surface area contributed by atoms with E-state index >= 15 is 0 Å². The Morgan fingerprint density at radius 3 is 2.82 bits per heavy atom. The second kappa shape index (κ2) is 4.49. The van der Waals surface area contributed by atoms with E-state index < -0.39 is 5.97 Å². The lowest BCUT2D eigenvalue weighted by Gasteiger charge is -1.99. The number of aromatic nitrogens is 1. The molecule has 0 amide bonds. The van der Waals surface area contributed by atoms with Crippen LogP contribution >= 0.6 is 15.9 Å². The highest BCUT2D eigenvalue weighted by Gasteiger charge is 2.14. The summed E-state index contributed by atoms with van der Waals surface area (Å²) < 4.78 is 6.47. The van der Waals surface area contributed by atoms with Crippen LogP contribution in [0.4, 0.5) is 0 Å². The topological polar surface area (TPSA) is 63.3 Å². The number of carbonyl (C=O) groups is 1. The van der Waals surface area contributed by atoms with Crippen LogP contribution in [-0.2, 0) is 11.2 Å². The van der Waals surface area contributed by atoms with Gasteiger partial charge in [-0.25, -0.2) is 4.98 Å². The molecular formula is C12H12BrNO3. The van der Waals surface area contributed by atoms with Gasteiger partial charge >= 0.3 is 5.97 Å². The molecule has 2 aromatic rings.